The largest absolute Gasteiger partial charge is 0.306 e. The van der Waals surface area contributed by atoms with E-state index >= 15 is 0 Å². The molecule has 0 bridgehead atoms. The molecule has 2 amide bonds. The van der Waals surface area contributed by atoms with Gasteiger partial charge in [0.25, 0.3) is 11.8 Å². The lowest BCUT2D eigenvalue weighted by molar-refractivity contribution is -0.131. The lowest BCUT2D eigenvalue weighted by atomic mass is 9.76. The van der Waals surface area contributed by atoms with Crippen molar-refractivity contribution in [2.45, 2.75) is 25.4 Å². The Morgan fingerprint density at radius 2 is 1.09 bits per heavy atom. The molecule has 2 aliphatic heterocycles. The zero-order chi connectivity index (χ0) is 23.3. The van der Waals surface area contributed by atoms with Crippen LogP contribution in [0.3, 0.4) is 0 Å². The molecular formula is C30H24N2O2. The van der Waals surface area contributed by atoms with Crippen molar-refractivity contribution in [2.75, 3.05) is 9.80 Å². The lowest BCUT2D eigenvalue weighted by Gasteiger charge is -2.24. The average Bonchev–Trinajstić information content (AvgIpc) is 3.25. The third-order valence-electron chi connectivity index (χ3n) is 6.94. The molecule has 0 saturated carbocycles. The number of benzene rings is 4. The van der Waals surface area contributed by atoms with Crippen LogP contribution < -0.4 is 9.80 Å². The van der Waals surface area contributed by atoms with Gasteiger partial charge in [0, 0.05) is 22.5 Å². The highest BCUT2D eigenvalue weighted by atomic mass is 16.2. The molecule has 4 nitrogen and oxygen atoms in total. The van der Waals surface area contributed by atoms with E-state index in [0.717, 1.165) is 39.2 Å². The summed E-state index contributed by atoms with van der Waals surface area (Å²) in [5.74, 6) is -0.352. The van der Waals surface area contributed by atoms with E-state index in [2.05, 4.69) is 0 Å². The van der Waals surface area contributed by atoms with E-state index in [4.69, 9.17) is 0 Å². The maximum Gasteiger partial charge on any atom is 0.252 e. The zero-order valence-electron chi connectivity index (χ0n) is 18.9. The Hall–Kier alpha value is -4.18. The minimum absolute atomic E-state index is 0.176. The van der Waals surface area contributed by atoms with Crippen molar-refractivity contribution in [1.29, 1.82) is 0 Å². The van der Waals surface area contributed by atoms with Gasteiger partial charge in [0.05, 0.1) is 13.1 Å². The summed E-state index contributed by atoms with van der Waals surface area (Å²) in [6.07, 6.45) is 0. The van der Waals surface area contributed by atoms with Gasteiger partial charge in [0.2, 0.25) is 0 Å². The van der Waals surface area contributed by atoms with Crippen LogP contribution in [0.1, 0.15) is 27.8 Å². The van der Waals surface area contributed by atoms with Crippen molar-refractivity contribution in [3.05, 3.63) is 131 Å². The predicted octanol–water partition coefficient (Wildman–Crippen LogP) is 5.37. The fourth-order valence-corrected chi connectivity index (χ4v) is 5.38. The van der Waals surface area contributed by atoms with Crippen LogP contribution >= 0.6 is 0 Å². The SMILES string of the molecule is Cc1ccc2c(c1)[C@@]1(C(=O)N(Cc3ccccc3)c3ccccc31)C(=O)N2Cc1ccccc1. The summed E-state index contributed by atoms with van der Waals surface area (Å²) >= 11 is 0. The molecule has 2 heterocycles. The van der Waals surface area contributed by atoms with Gasteiger partial charge < -0.3 is 9.80 Å². The predicted molar refractivity (Wildman–Crippen MR) is 134 cm³/mol. The summed E-state index contributed by atoms with van der Waals surface area (Å²) < 4.78 is 0. The van der Waals surface area contributed by atoms with E-state index in [1.54, 1.807) is 9.80 Å². The second-order valence-electron chi connectivity index (χ2n) is 9.04. The number of rotatable bonds is 4. The van der Waals surface area contributed by atoms with Gasteiger partial charge in [-0.3, -0.25) is 9.59 Å². The van der Waals surface area contributed by atoms with Crippen LogP contribution in [-0.4, -0.2) is 11.8 Å². The van der Waals surface area contributed by atoms with Crippen molar-refractivity contribution in [1.82, 2.24) is 0 Å². The highest BCUT2D eigenvalue weighted by Gasteiger charge is 2.63. The Labute approximate surface area is 199 Å². The summed E-state index contributed by atoms with van der Waals surface area (Å²) in [6.45, 7) is 2.85. The monoisotopic (exact) mass is 444 g/mol. The number of aryl methyl sites for hydroxylation is 1. The van der Waals surface area contributed by atoms with E-state index in [1.165, 1.54) is 0 Å². The zero-order valence-corrected chi connectivity index (χ0v) is 18.9. The number of carbonyl (C=O) groups excluding carboxylic acids is 2. The van der Waals surface area contributed by atoms with Gasteiger partial charge in [-0.15, -0.1) is 0 Å². The third kappa shape index (κ3) is 2.85. The van der Waals surface area contributed by atoms with Crippen molar-refractivity contribution in [3.63, 3.8) is 0 Å². The maximum atomic E-state index is 14.4. The lowest BCUT2D eigenvalue weighted by Crippen LogP contribution is -2.48. The third-order valence-corrected chi connectivity index (χ3v) is 6.94. The fourth-order valence-electron chi connectivity index (χ4n) is 5.38. The molecule has 2 aliphatic rings. The number of carbonyl (C=O) groups is 2. The molecule has 0 unspecified atom stereocenters. The molecule has 1 atom stereocenters. The van der Waals surface area contributed by atoms with Crippen LogP contribution in [0.25, 0.3) is 0 Å². The van der Waals surface area contributed by atoms with E-state index in [1.807, 2.05) is 110 Å². The van der Waals surface area contributed by atoms with Crippen LogP contribution in [-0.2, 0) is 28.1 Å². The molecule has 34 heavy (non-hydrogen) atoms. The standard InChI is InChI=1S/C30H24N2O2/c1-21-16-17-27-25(18-21)30(29(34)32(27)20-23-12-6-3-7-13-23)24-14-8-9-15-26(24)31(28(30)33)19-22-10-4-2-5-11-22/h2-18H,19-20H2,1H3/t30-/m0/s1. The van der Waals surface area contributed by atoms with Gasteiger partial charge in [-0.1, -0.05) is 96.6 Å². The molecule has 1 spiro atoms. The summed E-state index contributed by atoms with van der Waals surface area (Å²) in [4.78, 5) is 32.3. The molecule has 4 aromatic carbocycles. The second kappa shape index (κ2) is 7.70. The number of nitrogens with zero attached hydrogens (tertiary/aromatic N) is 2. The molecule has 0 saturated heterocycles. The molecule has 0 aromatic heterocycles. The quantitative estimate of drug-likeness (QED) is 0.397. The van der Waals surface area contributed by atoms with Gasteiger partial charge >= 0.3 is 0 Å². The first-order valence-electron chi connectivity index (χ1n) is 11.5. The van der Waals surface area contributed by atoms with Gasteiger partial charge in [0.15, 0.2) is 5.41 Å². The van der Waals surface area contributed by atoms with E-state index in [0.29, 0.717) is 13.1 Å². The number of para-hydroxylation sites is 1. The normalized spacial score (nSPS) is 18.5. The maximum absolute atomic E-state index is 14.4. The first kappa shape index (κ1) is 20.4. The highest BCUT2D eigenvalue weighted by Crippen LogP contribution is 2.54. The Kier molecular flexibility index (Phi) is 4.63. The van der Waals surface area contributed by atoms with Crippen LogP contribution in [0.2, 0.25) is 0 Å². The number of hydrogen-bond donors (Lipinski definition) is 0. The smallest absolute Gasteiger partial charge is 0.252 e. The van der Waals surface area contributed by atoms with Crippen LogP contribution in [0.5, 0.6) is 0 Å². The molecule has 4 aromatic rings. The first-order valence-corrected chi connectivity index (χ1v) is 11.5. The topological polar surface area (TPSA) is 40.6 Å². The second-order valence-corrected chi connectivity index (χ2v) is 9.04. The summed E-state index contributed by atoms with van der Waals surface area (Å²) in [7, 11) is 0. The van der Waals surface area contributed by atoms with Gasteiger partial charge in [-0.2, -0.15) is 0 Å². The fraction of sp³-hybridized carbons (Fsp3) is 0.133. The van der Waals surface area contributed by atoms with E-state index < -0.39 is 5.41 Å². The van der Waals surface area contributed by atoms with Gasteiger partial charge in [0.1, 0.15) is 0 Å². The Morgan fingerprint density at radius 3 is 1.68 bits per heavy atom. The van der Waals surface area contributed by atoms with Gasteiger partial charge in [-0.05, 0) is 30.2 Å². The molecule has 0 radical (unpaired) electrons. The van der Waals surface area contributed by atoms with Crippen LogP contribution in [0.15, 0.2) is 103 Å². The molecule has 0 fully saturated rings. The van der Waals surface area contributed by atoms with Crippen molar-refractivity contribution in [2.24, 2.45) is 0 Å². The van der Waals surface area contributed by atoms with Crippen LogP contribution in [0, 0.1) is 6.92 Å². The van der Waals surface area contributed by atoms with E-state index in [-0.39, 0.29) is 11.8 Å². The molecule has 4 heteroatoms. The Bertz CT molecular complexity index is 1400. The van der Waals surface area contributed by atoms with Crippen molar-refractivity contribution in [3.8, 4) is 0 Å². The minimum atomic E-state index is -1.36. The van der Waals surface area contributed by atoms with Gasteiger partial charge in [-0.25, -0.2) is 0 Å². The Morgan fingerprint density at radius 1 is 0.588 bits per heavy atom. The molecular weight excluding hydrogens is 420 g/mol. The molecule has 0 N–H and O–H groups in total. The first-order chi connectivity index (χ1) is 16.6. The van der Waals surface area contributed by atoms with Crippen molar-refractivity contribution < 1.29 is 9.59 Å². The number of fused-ring (bicyclic) bond motifs is 4. The summed E-state index contributed by atoms with van der Waals surface area (Å²) in [5, 5.41) is 0. The molecule has 166 valence electrons. The average molecular weight is 445 g/mol. The number of amides is 2. The van der Waals surface area contributed by atoms with Crippen molar-refractivity contribution >= 4 is 23.2 Å². The highest BCUT2D eigenvalue weighted by molar-refractivity contribution is 6.31. The van der Waals surface area contributed by atoms with E-state index in [9.17, 15) is 9.59 Å². The minimum Gasteiger partial charge on any atom is -0.306 e. The molecule has 0 aliphatic carbocycles. The summed E-state index contributed by atoms with van der Waals surface area (Å²) in [5.41, 5.74) is 4.88. The van der Waals surface area contributed by atoms with Crippen LogP contribution in [0.4, 0.5) is 11.4 Å². The Balaban J connectivity index is 1.53. The number of anilines is 2. The molecule has 6 rings (SSSR count). The summed E-state index contributed by atoms with van der Waals surface area (Å²) in [6, 6.07) is 33.6. The number of hydrogen-bond acceptors (Lipinski definition) is 2.